The summed E-state index contributed by atoms with van der Waals surface area (Å²) in [7, 11) is 0. The van der Waals surface area contributed by atoms with E-state index in [1.807, 2.05) is 0 Å². The van der Waals surface area contributed by atoms with Crippen LogP contribution in [0, 0.1) is 0 Å². The van der Waals surface area contributed by atoms with E-state index in [0.29, 0.717) is 72.0 Å². The van der Waals surface area contributed by atoms with Gasteiger partial charge < -0.3 is 40.4 Å². The highest BCUT2D eigenvalue weighted by Gasteiger charge is 2.19. The first-order valence-corrected chi connectivity index (χ1v) is 15.1. The fourth-order valence-corrected chi connectivity index (χ4v) is 3.75. The predicted molar refractivity (Wildman–Crippen MR) is 156 cm³/mol. The van der Waals surface area contributed by atoms with Crippen LogP contribution in [-0.4, -0.2) is 105 Å². The first-order valence-electron chi connectivity index (χ1n) is 15.1. The first-order chi connectivity index (χ1) is 20.8. The molecule has 1 atom stereocenters. The minimum atomic E-state index is -1.25. The monoisotopic (exact) mass is 616 g/mol. The molecule has 247 valence electrons. The molecule has 0 aromatic carbocycles. The lowest BCUT2D eigenvalue weighted by Crippen LogP contribution is -2.41. The fraction of sp³-hybridized carbons (Fsp3) is 0.793. The molecule has 0 rings (SSSR count). The Morgan fingerprint density at radius 2 is 1.05 bits per heavy atom. The van der Waals surface area contributed by atoms with E-state index < -0.39 is 23.9 Å². The van der Waals surface area contributed by atoms with Gasteiger partial charge in [0.15, 0.2) is 6.29 Å². The normalized spacial score (nSPS) is 11.4. The number of hydrogen-bond acceptors (Lipinski definition) is 9. The number of carbonyl (C=O) groups is 5. The molecule has 0 aliphatic heterocycles. The molecule has 0 spiro atoms. The standard InChI is InChI=1S/C29H50N3O11/c33-17-7-10-24(29(39)40)32-27(36)14-13-26(35)31-16-9-19-42-21-23-43-22-20-41-18-8-15-30-25(34)11-5-3-1-2-4-6-12-28(37)38/h24H,1-16,18-23H2,(H,30,34)(H,31,35)(H,32,36)(H,37,38)(H,39,40)/t24-/m0/s1. The molecule has 43 heavy (non-hydrogen) atoms. The highest BCUT2D eigenvalue weighted by atomic mass is 16.5. The summed E-state index contributed by atoms with van der Waals surface area (Å²) in [6.07, 6.45) is 8.68. The highest BCUT2D eigenvalue weighted by molar-refractivity contribution is 5.87. The van der Waals surface area contributed by atoms with E-state index in [2.05, 4.69) is 16.0 Å². The third kappa shape index (κ3) is 28.8. The van der Waals surface area contributed by atoms with Crippen molar-refractivity contribution in [1.82, 2.24) is 16.0 Å². The summed E-state index contributed by atoms with van der Waals surface area (Å²) in [5.74, 6) is -2.86. The molecule has 5 N–H and O–H groups in total. The largest absolute Gasteiger partial charge is 0.481 e. The van der Waals surface area contributed by atoms with E-state index in [4.69, 9.17) is 24.4 Å². The molecular weight excluding hydrogens is 566 g/mol. The van der Waals surface area contributed by atoms with Crippen molar-refractivity contribution in [2.45, 2.75) is 95.9 Å². The Hall–Kier alpha value is -3.10. The maximum Gasteiger partial charge on any atom is 0.326 e. The van der Waals surface area contributed by atoms with Crippen molar-refractivity contribution in [3.05, 3.63) is 0 Å². The third-order valence-corrected chi connectivity index (χ3v) is 6.11. The van der Waals surface area contributed by atoms with Gasteiger partial charge in [0.2, 0.25) is 17.7 Å². The number of carboxylic acids is 2. The van der Waals surface area contributed by atoms with Crippen LogP contribution in [0.5, 0.6) is 0 Å². The molecule has 0 saturated heterocycles. The van der Waals surface area contributed by atoms with Gasteiger partial charge in [-0.2, -0.15) is 0 Å². The van der Waals surface area contributed by atoms with E-state index >= 15 is 0 Å². The molecule has 0 fully saturated rings. The average Bonchev–Trinajstić information content (AvgIpc) is 2.97. The Morgan fingerprint density at radius 3 is 1.56 bits per heavy atom. The molecule has 0 aromatic heterocycles. The molecule has 0 bridgehead atoms. The Bertz CT molecular complexity index is 796. The number of carbonyl (C=O) groups excluding carboxylic acids is 4. The second-order valence-corrected chi connectivity index (χ2v) is 9.90. The minimum Gasteiger partial charge on any atom is -0.481 e. The maximum absolute atomic E-state index is 11.8. The molecule has 0 saturated carbocycles. The van der Waals surface area contributed by atoms with Crippen LogP contribution in [0.15, 0.2) is 0 Å². The van der Waals surface area contributed by atoms with E-state index in [0.717, 1.165) is 38.5 Å². The number of carboxylic acid groups (broad SMARTS) is 2. The maximum atomic E-state index is 11.8. The zero-order valence-electron chi connectivity index (χ0n) is 25.2. The molecule has 0 heterocycles. The molecular formula is C29H50N3O11. The van der Waals surface area contributed by atoms with E-state index in [-0.39, 0.29) is 43.9 Å². The number of aliphatic carboxylic acids is 2. The first kappa shape index (κ1) is 39.9. The van der Waals surface area contributed by atoms with Crippen LogP contribution in [0.4, 0.5) is 0 Å². The zero-order valence-corrected chi connectivity index (χ0v) is 25.2. The molecule has 0 aliphatic rings. The van der Waals surface area contributed by atoms with Gasteiger partial charge in [0.25, 0.3) is 0 Å². The van der Waals surface area contributed by atoms with Gasteiger partial charge in [0.05, 0.1) is 26.4 Å². The van der Waals surface area contributed by atoms with Gasteiger partial charge in [-0.25, -0.2) is 4.79 Å². The van der Waals surface area contributed by atoms with Crippen LogP contribution in [0.25, 0.3) is 0 Å². The molecule has 14 heteroatoms. The van der Waals surface area contributed by atoms with Crippen LogP contribution in [-0.2, 0) is 43.0 Å². The Kier molecular flexibility index (Phi) is 26.9. The molecule has 0 unspecified atom stereocenters. The minimum absolute atomic E-state index is 0.0386. The molecule has 1 radical (unpaired) electrons. The number of rotatable bonds is 31. The van der Waals surface area contributed by atoms with Crippen molar-refractivity contribution in [3.63, 3.8) is 0 Å². The van der Waals surface area contributed by atoms with Gasteiger partial charge in [0, 0.05) is 58.4 Å². The topological polar surface area (TPSA) is 207 Å². The summed E-state index contributed by atoms with van der Waals surface area (Å²) in [6, 6.07) is -1.18. The van der Waals surface area contributed by atoms with Gasteiger partial charge in [0.1, 0.15) is 6.04 Å². The third-order valence-electron chi connectivity index (χ3n) is 6.11. The highest BCUT2D eigenvalue weighted by Crippen LogP contribution is 2.08. The van der Waals surface area contributed by atoms with Crippen molar-refractivity contribution in [3.8, 4) is 0 Å². The number of nitrogens with one attached hydrogen (secondary N) is 3. The van der Waals surface area contributed by atoms with Gasteiger partial charge in [-0.1, -0.05) is 25.7 Å². The Morgan fingerprint density at radius 1 is 0.581 bits per heavy atom. The smallest absolute Gasteiger partial charge is 0.326 e. The van der Waals surface area contributed by atoms with Crippen LogP contribution in [0.1, 0.15) is 89.9 Å². The van der Waals surface area contributed by atoms with Crippen molar-refractivity contribution < 1.29 is 53.2 Å². The molecule has 3 amide bonds. The van der Waals surface area contributed by atoms with Gasteiger partial charge in [-0.15, -0.1) is 0 Å². The van der Waals surface area contributed by atoms with Gasteiger partial charge in [-0.05, 0) is 32.1 Å². The molecule has 14 nitrogen and oxygen atoms in total. The number of ether oxygens (including phenoxy) is 3. The fourth-order valence-electron chi connectivity index (χ4n) is 3.75. The Labute approximate surface area is 254 Å². The van der Waals surface area contributed by atoms with Crippen molar-refractivity contribution in [1.29, 1.82) is 0 Å². The van der Waals surface area contributed by atoms with Crippen LogP contribution in [0.2, 0.25) is 0 Å². The van der Waals surface area contributed by atoms with E-state index in [9.17, 15) is 28.8 Å². The second kappa shape index (κ2) is 29.0. The van der Waals surface area contributed by atoms with Crippen molar-refractivity contribution in [2.24, 2.45) is 0 Å². The lowest BCUT2D eigenvalue weighted by atomic mass is 10.1. The molecule has 0 aromatic rings. The van der Waals surface area contributed by atoms with Gasteiger partial charge >= 0.3 is 11.9 Å². The number of hydrogen-bond donors (Lipinski definition) is 5. The lowest BCUT2D eigenvalue weighted by Gasteiger charge is -2.13. The van der Waals surface area contributed by atoms with E-state index in [1.54, 1.807) is 6.29 Å². The summed E-state index contributed by atoms with van der Waals surface area (Å²) < 4.78 is 16.3. The summed E-state index contributed by atoms with van der Waals surface area (Å²) in [4.78, 5) is 67.2. The predicted octanol–water partition coefficient (Wildman–Crippen LogP) is 1.49. The van der Waals surface area contributed by atoms with Crippen LogP contribution >= 0.6 is 0 Å². The summed E-state index contributed by atoms with van der Waals surface area (Å²) >= 11 is 0. The summed E-state index contributed by atoms with van der Waals surface area (Å²) in [6.45, 7) is 3.57. The van der Waals surface area contributed by atoms with Crippen molar-refractivity contribution >= 4 is 35.9 Å². The average molecular weight is 617 g/mol. The summed E-state index contributed by atoms with van der Waals surface area (Å²) in [5, 5.41) is 25.4. The van der Waals surface area contributed by atoms with Crippen LogP contribution in [0.3, 0.4) is 0 Å². The summed E-state index contributed by atoms with van der Waals surface area (Å²) in [5.41, 5.74) is 0. The molecule has 0 aliphatic carbocycles. The lowest BCUT2D eigenvalue weighted by molar-refractivity contribution is -0.142. The SMILES string of the molecule is O=[C]CC[C@H](NC(=O)CCC(=O)NCCCOCCOCCOCCCNC(=O)CCCCCCCCC(=O)O)C(=O)O. The van der Waals surface area contributed by atoms with Gasteiger partial charge in [-0.3, -0.25) is 24.0 Å². The second-order valence-electron chi connectivity index (χ2n) is 9.90. The number of amides is 3. The zero-order chi connectivity index (χ0) is 32.0. The Balaban J connectivity index is 3.42. The van der Waals surface area contributed by atoms with E-state index in [1.165, 1.54) is 0 Å². The number of unbranched alkanes of at least 4 members (excludes halogenated alkanes) is 5. The van der Waals surface area contributed by atoms with Crippen molar-refractivity contribution in [2.75, 3.05) is 52.7 Å². The quantitative estimate of drug-likeness (QED) is 0.0705. The van der Waals surface area contributed by atoms with Crippen LogP contribution < -0.4 is 16.0 Å².